The molecule has 1 aromatic rings. The molecule has 1 aliphatic heterocycles. The number of hydrogen-bond acceptors (Lipinski definition) is 5. The summed E-state index contributed by atoms with van der Waals surface area (Å²) in [5, 5.41) is 20.2. The summed E-state index contributed by atoms with van der Waals surface area (Å²) in [5.41, 5.74) is 6.54. The van der Waals surface area contributed by atoms with Gasteiger partial charge in [0.1, 0.15) is 5.69 Å². The van der Waals surface area contributed by atoms with Crippen molar-refractivity contribution in [1.82, 2.24) is 0 Å². The summed E-state index contributed by atoms with van der Waals surface area (Å²) in [7, 11) is 0. The molecule has 0 saturated carbocycles. The summed E-state index contributed by atoms with van der Waals surface area (Å²) in [6.45, 7) is 1.39. The van der Waals surface area contributed by atoms with Crippen LogP contribution in [0.2, 0.25) is 0 Å². The maximum atomic E-state index is 10.6. The molecule has 0 amide bonds. The molecule has 6 heteroatoms. The fourth-order valence-electron chi connectivity index (χ4n) is 2.09. The zero-order chi connectivity index (χ0) is 12.4. The minimum Gasteiger partial charge on any atom is -0.393 e. The van der Waals surface area contributed by atoms with E-state index in [-0.39, 0.29) is 17.5 Å². The molecule has 1 heterocycles. The lowest BCUT2D eigenvalue weighted by Gasteiger charge is -2.32. The molecule has 0 radical (unpaired) electrons. The van der Waals surface area contributed by atoms with E-state index in [2.05, 4.69) is 0 Å². The third-order valence-electron chi connectivity index (χ3n) is 2.97. The molecule has 1 atom stereocenters. The molecule has 1 saturated heterocycles. The van der Waals surface area contributed by atoms with Gasteiger partial charge in [-0.25, -0.2) is 0 Å². The lowest BCUT2D eigenvalue weighted by molar-refractivity contribution is -0.383. The maximum Gasteiger partial charge on any atom is 0.292 e. The zero-order valence-electron chi connectivity index (χ0n) is 9.37. The number of hydrogen-bond donors (Lipinski definition) is 2. The standard InChI is InChI=1S/C11H15N3O3/c12-10-6-8(3-4-11(10)14(16)17)13-5-1-2-9(15)7-13/h3-4,6,9,15H,1-2,5,7,12H2. The van der Waals surface area contributed by atoms with E-state index in [1.807, 2.05) is 4.90 Å². The molecule has 1 aliphatic rings. The number of nitro groups is 1. The fraction of sp³-hybridized carbons (Fsp3) is 0.455. The number of aliphatic hydroxyl groups is 1. The number of nitro benzene ring substituents is 1. The molecule has 92 valence electrons. The average molecular weight is 237 g/mol. The normalized spacial score (nSPS) is 20.3. The highest BCUT2D eigenvalue weighted by Gasteiger charge is 2.20. The van der Waals surface area contributed by atoms with Gasteiger partial charge in [-0.3, -0.25) is 10.1 Å². The highest BCUT2D eigenvalue weighted by Crippen LogP contribution is 2.28. The lowest BCUT2D eigenvalue weighted by atomic mass is 10.1. The Morgan fingerprint density at radius 1 is 1.53 bits per heavy atom. The molecule has 17 heavy (non-hydrogen) atoms. The van der Waals surface area contributed by atoms with Gasteiger partial charge in [-0.1, -0.05) is 0 Å². The number of piperidine rings is 1. The monoisotopic (exact) mass is 237 g/mol. The Kier molecular flexibility index (Phi) is 3.14. The van der Waals surface area contributed by atoms with E-state index in [9.17, 15) is 15.2 Å². The molecule has 0 aliphatic carbocycles. The first kappa shape index (κ1) is 11.7. The van der Waals surface area contributed by atoms with E-state index in [1.165, 1.54) is 6.07 Å². The topological polar surface area (TPSA) is 92.6 Å². The first-order chi connectivity index (χ1) is 8.08. The summed E-state index contributed by atoms with van der Waals surface area (Å²) in [5.74, 6) is 0. The van der Waals surface area contributed by atoms with Gasteiger partial charge in [-0.15, -0.1) is 0 Å². The summed E-state index contributed by atoms with van der Waals surface area (Å²) in [6, 6.07) is 4.67. The van der Waals surface area contributed by atoms with Crippen molar-refractivity contribution >= 4 is 17.1 Å². The van der Waals surface area contributed by atoms with Crippen LogP contribution in [0.1, 0.15) is 12.8 Å². The molecule has 0 aromatic heterocycles. The average Bonchev–Trinajstić information content (AvgIpc) is 2.28. The first-order valence-electron chi connectivity index (χ1n) is 5.55. The molecular weight excluding hydrogens is 222 g/mol. The van der Waals surface area contributed by atoms with Crippen molar-refractivity contribution in [3.05, 3.63) is 28.3 Å². The van der Waals surface area contributed by atoms with E-state index in [0.717, 1.165) is 25.1 Å². The van der Waals surface area contributed by atoms with Gasteiger partial charge < -0.3 is 15.7 Å². The first-order valence-corrected chi connectivity index (χ1v) is 5.55. The second kappa shape index (κ2) is 4.58. The lowest BCUT2D eigenvalue weighted by Crippen LogP contribution is -2.38. The predicted molar refractivity (Wildman–Crippen MR) is 65.0 cm³/mol. The zero-order valence-corrected chi connectivity index (χ0v) is 9.37. The molecule has 0 bridgehead atoms. The second-order valence-electron chi connectivity index (χ2n) is 4.24. The van der Waals surface area contributed by atoms with Crippen molar-refractivity contribution < 1.29 is 10.0 Å². The SMILES string of the molecule is Nc1cc(N2CCCC(O)C2)ccc1[N+](=O)[O-]. The van der Waals surface area contributed by atoms with Crippen LogP contribution in [0.15, 0.2) is 18.2 Å². The molecule has 1 fully saturated rings. The Morgan fingerprint density at radius 2 is 2.29 bits per heavy atom. The number of aliphatic hydroxyl groups excluding tert-OH is 1. The Bertz CT molecular complexity index is 436. The van der Waals surface area contributed by atoms with E-state index in [0.29, 0.717) is 6.54 Å². The number of rotatable bonds is 2. The predicted octanol–water partition coefficient (Wildman–Crippen LogP) is 1.14. The van der Waals surface area contributed by atoms with Crippen LogP contribution >= 0.6 is 0 Å². The fourth-order valence-corrected chi connectivity index (χ4v) is 2.09. The van der Waals surface area contributed by atoms with Crippen LogP contribution in [0.25, 0.3) is 0 Å². The number of β-amino-alcohol motifs (C(OH)–C–C–N with tert-alkyl or cyclic N) is 1. The van der Waals surface area contributed by atoms with Crippen LogP contribution in [-0.4, -0.2) is 29.2 Å². The van der Waals surface area contributed by atoms with Crippen molar-refractivity contribution in [1.29, 1.82) is 0 Å². The summed E-state index contributed by atoms with van der Waals surface area (Å²) in [4.78, 5) is 12.1. The number of nitrogens with zero attached hydrogens (tertiary/aromatic N) is 2. The third-order valence-corrected chi connectivity index (χ3v) is 2.97. The second-order valence-corrected chi connectivity index (χ2v) is 4.24. The number of nitrogen functional groups attached to an aromatic ring is 1. The van der Waals surface area contributed by atoms with Crippen LogP contribution in [0.3, 0.4) is 0 Å². The van der Waals surface area contributed by atoms with E-state index in [4.69, 9.17) is 5.73 Å². The van der Waals surface area contributed by atoms with Crippen molar-refractivity contribution in [2.75, 3.05) is 23.7 Å². The molecule has 2 rings (SSSR count). The van der Waals surface area contributed by atoms with Gasteiger partial charge in [-0.2, -0.15) is 0 Å². The largest absolute Gasteiger partial charge is 0.393 e. The molecule has 0 spiro atoms. The molecule has 3 N–H and O–H groups in total. The molecular formula is C11H15N3O3. The molecule has 6 nitrogen and oxygen atoms in total. The quantitative estimate of drug-likeness (QED) is 0.457. The van der Waals surface area contributed by atoms with Crippen LogP contribution in [0.5, 0.6) is 0 Å². The summed E-state index contributed by atoms with van der Waals surface area (Å²) >= 11 is 0. The van der Waals surface area contributed by atoms with Gasteiger partial charge in [0.25, 0.3) is 5.69 Å². The highest BCUT2D eigenvalue weighted by atomic mass is 16.6. The van der Waals surface area contributed by atoms with Gasteiger partial charge in [0.15, 0.2) is 0 Å². The molecule has 1 aromatic carbocycles. The molecule has 1 unspecified atom stereocenters. The smallest absolute Gasteiger partial charge is 0.292 e. The van der Waals surface area contributed by atoms with Gasteiger partial charge >= 0.3 is 0 Å². The van der Waals surface area contributed by atoms with Crippen LogP contribution < -0.4 is 10.6 Å². The minimum atomic E-state index is -0.496. The van der Waals surface area contributed by atoms with Gasteiger partial charge in [0.2, 0.25) is 0 Å². The van der Waals surface area contributed by atoms with Crippen molar-refractivity contribution in [2.24, 2.45) is 0 Å². The number of anilines is 2. The van der Waals surface area contributed by atoms with Gasteiger partial charge in [0, 0.05) is 24.8 Å². The third kappa shape index (κ3) is 2.47. The number of benzene rings is 1. The van der Waals surface area contributed by atoms with Crippen LogP contribution in [0.4, 0.5) is 17.1 Å². The minimum absolute atomic E-state index is 0.0775. The van der Waals surface area contributed by atoms with Crippen molar-refractivity contribution in [3.63, 3.8) is 0 Å². The maximum absolute atomic E-state index is 10.6. The van der Waals surface area contributed by atoms with E-state index >= 15 is 0 Å². The van der Waals surface area contributed by atoms with E-state index < -0.39 is 4.92 Å². The van der Waals surface area contributed by atoms with Crippen molar-refractivity contribution in [2.45, 2.75) is 18.9 Å². The summed E-state index contributed by atoms with van der Waals surface area (Å²) < 4.78 is 0. The highest BCUT2D eigenvalue weighted by molar-refractivity contribution is 5.66. The van der Waals surface area contributed by atoms with Crippen molar-refractivity contribution in [3.8, 4) is 0 Å². The van der Waals surface area contributed by atoms with Gasteiger partial charge in [-0.05, 0) is 25.0 Å². The Balaban J connectivity index is 2.22. The Morgan fingerprint density at radius 3 is 2.88 bits per heavy atom. The van der Waals surface area contributed by atoms with Crippen LogP contribution in [0, 0.1) is 10.1 Å². The number of nitrogens with two attached hydrogens (primary N) is 1. The van der Waals surface area contributed by atoms with Gasteiger partial charge in [0.05, 0.1) is 11.0 Å². The van der Waals surface area contributed by atoms with Crippen LogP contribution in [-0.2, 0) is 0 Å². The Hall–Kier alpha value is -1.82. The summed E-state index contributed by atoms with van der Waals surface area (Å²) in [6.07, 6.45) is 1.39. The Labute approximate surface area is 98.8 Å². The van der Waals surface area contributed by atoms with E-state index in [1.54, 1.807) is 12.1 Å².